The Morgan fingerprint density at radius 3 is 3.08 bits per heavy atom. The van der Waals surface area contributed by atoms with Crippen molar-refractivity contribution in [3.05, 3.63) is 18.6 Å². The molecule has 2 N–H and O–H groups in total. The van der Waals surface area contributed by atoms with E-state index in [2.05, 4.69) is 31.2 Å². The van der Waals surface area contributed by atoms with Gasteiger partial charge >= 0.3 is 0 Å². The van der Waals surface area contributed by atoms with E-state index in [1.807, 2.05) is 16.2 Å². The number of anilines is 1. The van der Waals surface area contributed by atoms with Gasteiger partial charge in [-0.2, -0.15) is 0 Å². The van der Waals surface area contributed by atoms with Crippen LogP contribution < -0.4 is 5.73 Å². The van der Waals surface area contributed by atoms with E-state index in [-0.39, 0.29) is 0 Å². The first kappa shape index (κ1) is 8.11. The van der Waals surface area contributed by atoms with Gasteiger partial charge in [-0.25, -0.2) is 9.97 Å². The van der Waals surface area contributed by atoms with E-state index in [1.165, 1.54) is 6.33 Å². The lowest BCUT2D eigenvalue weighted by Gasteiger charge is -1.96. The van der Waals surface area contributed by atoms with Gasteiger partial charge < -0.3 is 5.73 Å². The molecule has 0 radical (unpaired) electrons. The second-order valence-electron chi connectivity index (χ2n) is 2.21. The van der Waals surface area contributed by atoms with E-state index < -0.39 is 0 Å². The van der Waals surface area contributed by atoms with Crippen molar-refractivity contribution >= 4 is 47.2 Å². The summed E-state index contributed by atoms with van der Waals surface area (Å²) in [6, 6.07) is 1.91. The number of nitrogens with two attached hydrogens (primary N) is 1. The fourth-order valence-corrected chi connectivity index (χ4v) is 2.27. The van der Waals surface area contributed by atoms with E-state index in [0.29, 0.717) is 5.82 Å². The predicted octanol–water partition coefficient (Wildman–Crippen LogP) is 1.86. The minimum atomic E-state index is 0.532. The highest BCUT2D eigenvalue weighted by Crippen LogP contribution is 2.24. The molecular formula is C6H5IN4S. The van der Waals surface area contributed by atoms with Crippen LogP contribution in [0.5, 0.6) is 0 Å². The number of hydrogen-bond donors (Lipinski definition) is 1. The third kappa shape index (κ3) is 1.14. The van der Waals surface area contributed by atoms with Gasteiger partial charge in [-0.15, -0.1) is 0 Å². The van der Waals surface area contributed by atoms with Crippen LogP contribution in [0.15, 0.2) is 18.6 Å². The van der Waals surface area contributed by atoms with E-state index in [4.69, 9.17) is 5.73 Å². The normalized spacial score (nSPS) is 10.8. The first-order valence-electron chi connectivity index (χ1n) is 3.19. The van der Waals surface area contributed by atoms with Crippen molar-refractivity contribution in [1.82, 2.24) is 13.9 Å². The van der Waals surface area contributed by atoms with Crippen LogP contribution >= 0.6 is 30.3 Å². The molecular weight excluding hydrogens is 287 g/mol. The Morgan fingerprint density at radius 2 is 2.33 bits per heavy atom. The Labute approximate surface area is 85.3 Å². The number of halogens is 1. The Kier molecular flexibility index (Phi) is 2.09. The highest BCUT2D eigenvalue weighted by atomic mass is 127. The molecule has 0 saturated heterocycles. The second-order valence-corrected chi connectivity index (χ2v) is 3.92. The smallest absolute Gasteiger partial charge is 0.156 e. The molecule has 0 unspecified atom stereocenters. The van der Waals surface area contributed by atoms with Crippen molar-refractivity contribution in [1.29, 1.82) is 0 Å². The molecule has 0 atom stereocenters. The lowest BCUT2D eigenvalue weighted by molar-refractivity contribution is 1.19. The first-order valence-corrected chi connectivity index (χ1v) is 6.51. The van der Waals surface area contributed by atoms with Crippen LogP contribution in [-0.4, -0.2) is 13.9 Å². The molecule has 0 aromatic carbocycles. The second kappa shape index (κ2) is 3.09. The van der Waals surface area contributed by atoms with Gasteiger partial charge in [-0.3, -0.25) is 3.97 Å². The maximum atomic E-state index is 5.65. The maximum absolute atomic E-state index is 5.65. The lowest BCUT2D eigenvalue weighted by atomic mass is 10.4. The highest BCUT2D eigenvalue weighted by molar-refractivity contribution is 14.2. The first-order chi connectivity index (χ1) is 5.83. The Balaban J connectivity index is 2.80. The molecule has 6 heteroatoms. The third-order valence-electron chi connectivity index (χ3n) is 1.55. The van der Waals surface area contributed by atoms with Crippen LogP contribution in [0.4, 0.5) is 5.82 Å². The van der Waals surface area contributed by atoms with Crippen LogP contribution in [0.2, 0.25) is 0 Å². The standard InChI is InChI=1S/C6H5IN4S/c7-12-11-2-1-4-5(8)9-3-10-6(4)11/h1-3H,(H2,8,9,10). The van der Waals surface area contributed by atoms with E-state index in [1.54, 1.807) is 9.12 Å². The molecule has 0 amide bonds. The molecule has 2 aromatic heterocycles. The molecule has 0 spiro atoms. The molecule has 62 valence electrons. The summed E-state index contributed by atoms with van der Waals surface area (Å²) in [6.45, 7) is 0. The molecule has 0 fully saturated rings. The summed E-state index contributed by atoms with van der Waals surface area (Å²) in [4.78, 5) is 8.02. The topological polar surface area (TPSA) is 56.7 Å². The van der Waals surface area contributed by atoms with E-state index in [9.17, 15) is 0 Å². The quantitative estimate of drug-likeness (QED) is 0.815. The fraction of sp³-hybridized carbons (Fsp3) is 0. The molecule has 0 aliphatic rings. The largest absolute Gasteiger partial charge is 0.383 e. The number of hydrogen-bond acceptors (Lipinski definition) is 4. The van der Waals surface area contributed by atoms with Gasteiger partial charge in [-0.05, 0) is 6.07 Å². The van der Waals surface area contributed by atoms with Crippen molar-refractivity contribution in [3.8, 4) is 0 Å². The van der Waals surface area contributed by atoms with Crippen LogP contribution in [-0.2, 0) is 0 Å². The number of rotatable bonds is 1. The van der Waals surface area contributed by atoms with Crippen molar-refractivity contribution < 1.29 is 0 Å². The molecule has 4 nitrogen and oxygen atoms in total. The summed E-state index contributed by atoms with van der Waals surface area (Å²) >= 11 is 2.19. The van der Waals surface area contributed by atoms with Crippen molar-refractivity contribution in [2.45, 2.75) is 0 Å². The van der Waals surface area contributed by atoms with Gasteiger partial charge in [0, 0.05) is 36.5 Å². The molecule has 0 bridgehead atoms. The zero-order chi connectivity index (χ0) is 8.55. The van der Waals surface area contributed by atoms with Gasteiger partial charge in [-0.1, -0.05) is 0 Å². The summed E-state index contributed by atoms with van der Waals surface area (Å²) in [5.41, 5.74) is 6.51. The Morgan fingerprint density at radius 1 is 1.50 bits per heavy atom. The van der Waals surface area contributed by atoms with Gasteiger partial charge in [0.25, 0.3) is 0 Å². The number of fused-ring (bicyclic) bond motifs is 1. The van der Waals surface area contributed by atoms with Crippen molar-refractivity contribution in [3.63, 3.8) is 0 Å². The van der Waals surface area contributed by atoms with Crippen molar-refractivity contribution in [2.75, 3.05) is 5.73 Å². The molecule has 2 aromatic rings. The van der Waals surface area contributed by atoms with Gasteiger partial charge in [0.15, 0.2) is 5.65 Å². The maximum Gasteiger partial charge on any atom is 0.156 e. The third-order valence-corrected chi connectivity index (χ3v) is 3.27. The van der Waals surface area contributed by atoms with Crippen molar-refractivity contribution in [2.24, 2.45) is 0 Å². The van der Waals surface area contributed by atoms with Crippen LogP contribution in [0.25, 0.3) is 11.0 Å². The molecule has 2 heterocycles. The summed E-state index contributed by atoms with van der Waals surface area (Å²) in [7, 11) is 1.55. The lowest BCUT2D eigenvalue weighted by Crippen LogP contribution is -1.92. The zero-order valence-electron chi connectivity index (χ0n) is 5.94. The SMILES string of the molecule is Nc1ncnc2c1ccn2SI. The molecule has 0 aliphatic heterocycles. The fourth-order valence-electron chi connectivity index (χ4n) is 1.00. The summed E-state index contributed by atoms with van der Waals surface area (Å²) < 4.78 is 1.94. The molecule has 12 heavy (non-hydrogen) atoms. The molecule has 2 rings (SSSR count). The van der Waals surface area contributed by atoms with E-state index >= 15 is 0 Å². The average Bonchev–Trinajstić information content (AvgIpc) is 2.49. The van der Waals surface area contributed by atoms with Crippen LogP contribution in [0.1, 0.15) is 0 Å². The van der Waals surface area contributed by atoms with Gasteiger partial charge in [0.05, 0.1) is 5.39 Å². The minimum Gasteiger partial charge on any atom is -0.383 e. The summed E-state index contributed by atoms with van der Waals surface area (Å²) in [5.74, 6) is 0.532. The summed E-state index contributed by atoms with van der Waals surface area (Å²) in [5, 5.41) is 0.904. The molecule has 0 aliphatic carbocycles. The number of nitrogens with zero attached hydrogens (tertiary/aromatic N) is 3. The zero-order valence-corrected chi connectivity index (χ0v) is 8.91. The predicted molar refractivity (Wildman–Crippen MR) is 58.9 cm³/mol. The monoisotopic (exact) mass is 292 g/mol. The van der Waals surface area contributed by atoms with E-state index in [0.717, 1.165) is 11.0 Å². The van der Waals surface area contributed by atoms with Crippen LogP contribution in [0.3, 0.4) is 0 Å². The molecule has 0 saturated carbocycles. The van der Waals surface area contributed by atoms with Crippen LogP contribution in [0, 0.1) is 0 Å². The number of nitrogen functional groups attached to an aromatic ring is 1. The minimum absolute atomic E-state index is 0.532. The Hall–Kier alpha value is -0.500. The average molecular weight is 292 g/mol. The van der Waals surface area contributed by atoms with Gasteiger partial charge in [0.1, 0.15) is 12.1 Å². The van der Waals surface area contributed by atoms with Gasteiger partial charge in [0.2, 0.25) is 0 Å². The summed E-state index contributed by atoms with van der Waals surface area (Å²) in [6.07, 6.45) is 3.40. The number of aromatic nitrogens is 3. The highest BCUT2D eigenvalue weighted by Gasteiger charge is 2.04. The Bertz CT molecular complexity index is 413.